The number of nitrogens with zero attached hydrogens (tertiary/aromatic N) is 4. The molecule has 26 heavy (non-hydrogen) atoms. The van der Waals surface area contributed by atoms with Crippen LogP contribution in [0.1, 0.15) is 24.2 Å². The lowest BCUT2D eigenvalue weighted by Gasteiger charge is -2.32. The summed E-state index contributed by atoms with van der Waals surface area (Å²) < 4.78 is 13.4. The third kappa shape index (κ3) is 3.83. The number of benzene rings is 1. The van der Waals surface area contributed by atoms with Gasteiger partial charge in [0.2, 0.25) is 0 Å². The summed E-state index contributed by atoms with van der Waals surface area (Å²) in [6.07, 6.45) is 5.50. The predicted octanol–water partition coefficient (Wildman–Crippen LogP) is 2.76. The Labute approximate surface area is 158 Å². The molecule has 0 spiro atoms. The Morgan fingerprint density at radius 3 is 2.62 bits per heavy atom. The molecule has 0 atom stereocenters. The zero-order valence-corrected chi connectivity index (χ0v) is 16.3. The van der Waals surface area contributed by atoms with E-state index in [1.54, 1.807) is 11.8 Å². The highest BCUT2D eigenvalue weighted by molar-refractivity contribution is 7.98. The Hall–Kier alpha value is -1.73. The fourth-order valence-corrected chi connectivity index (χ4v) is 4.25. The van der Waals surface area contributed by atoms with Gasteiger partial charge in [-0.3, -0.25) is 4.90 Å². The lowest BCUT2D eigenvalue weighted by Crippen LogP contribution is -2.34. The van der Waals surface area contributed by atoms with Crippen molar-refractivity contribution in [2.75, 3.05) is 32.6 Å². The lowest BCUT2D eigenvalue weighted by molar-refractivity contribution is 0.167. The largest absolute Gasteiger partial charge is 0.486 e. The van der Waals surface area contributed by atoms with Crippen LogP contribution in [0.5, 0.6) is 11.5 Å². The average Bonchev–Trinajstić information content (AvgIpc) is 3.03. The highest BCUT2D eigenvalue weighted by atomic mass is 32.2. The van der Waals surface area contributed by atoms with Crippen molar-refractivity contribution in [1.29, 1.82) is 0 Å². The van der Waals surface area contributed by atoms with Crippen LogP contribution < -0.4 is 9.47 Å². The smallest absolute Gasteiger partial charge is 0.190 e. The van der Waals surface area contributed by atoms with Gasteiger partial charge in [-0.1, -0.05) is 17.8 Å². The standard InChI is InChI=1S/C19H26N4O2S/c1-22-18(20-21-19(22)26-2)12-14-5-7-23(8-6-14)13-15-3-4-16-17(11-15)25-10-9-24-16/h3-4,11,14H,5-10,12-13H2,1-2H3. The number of ether oxygens (including phenoxy) is 2. The van der Waals surface area contributed by atoms with E-state index in [2.05, 4.69) is 38.8 Å². The van der Waals surface area contributed by atoms with Gasteiger partial charge < -0.3 is 14.0 Å². The van der Waals surface area contributed by atoms with Crippen LogP contribution in [0.25, 0.3) is 0 Å². The van der Waals surface area contributed by atoms with Crippen molar-refractivity contribution in [2.24, 2.45) is 13.0 Å². The highest BCUT2D eigenvalue weighted by Gasteiger charge is 2.22. The number of piperidine rings is 1. The van der Waals surface area contributed by atoms with E-state index in [1.165, 1.54) is 18.4 Å². The fourth-order valence-electron chi connectivity index (χ4n) is 3.75. The molecule has 4 rings (SSSR count). The summed E-state index contributed by atoms with van der Waals surface area (Å²) in [5.74, 6) is 3.56. The van der Waals surface area contributed by atoms with Crippen molar-refractivity contribution >= 4 is 11.8 Å². The van der Waals surface area contributed by atoms with Gasteiger partial charge in [-0.25, -0.2) is 0 Å². The minimum atomic E-state index is 0.641. The van der Waals surface area contributed by atoms with Crippen LogP contribution in [0.2, 0.25) is 0 Å². The molecule has 0 aliphatic carbocycles. The molecule has 140 valence electrons. The van der Waals surface area contributed by atoms with E-state index in [0.29, 0.717) is 19.1 Å². The van der Waals surface area contributed by atoms with E-state index >= 15 is 0 Å². The number of fused-ring (bicyclic) bond motifs is 1. The van der Waals surface area contributed by atoms with E-state index in [9.17, 15) is 0 Å². The number of likely N-dealkylation sites (tertiary alicyclic amines) is 1. The van der Waals surface area contributed by atoms with Crippen molar-refractivity contribution in [3.8, 4) is 11.5 Å². The van der Waals surface area contributed by atoms with Crippen molar-refractivity contribution in [3.63, 3.8) is 0 Å². The van der Waals surface area contributed by atoms with Crippen molar-refractivity contribution < 1.29 is 9.47 Å². The van der Waals surface area contributed by atoms with Gasteiger partial charge in [0.1, 0.15) is 19.0 Å². The van der Waals surface area contributed by atoms with Gasteiger partial charge in [0.25, 0.3) is 0 Å². The molecule has 2 aliphatic heterocycles. The number of hydrogen-bond acceptors (Lipinski definition) is 6. The lowest BCUT2D eigenvalue weighted by atomic mass is 9.93. The molecule has 1 fully saturated rings. The molecule has 0 bridgehead atoms. The average molecular weight is 375 g/mol. The molecule has 0 radical (unpaired) electrons. The monoisotopic (exact) mass is 374 g/mol. The topological polar surface area (TPSA) is 52.4 Å². The minimum Gasteiger partial charge on any atom is -0.486 e. The van der Waals surface area contributed by atoms with Gasteiger partial charge in [-0.15, -0.1) is 10.2 Å². The van der Waals surface area contributed by atoms with E-state index < -0.39 is 0 Å². The molecule has 2 aromatic rings. The summed E-state index contributed by atoms with van der Waals surface area (Å²) in [6, 6.07) is 6.32. The van der Waals surface area contributed by atoms with E-state index in [1.807, 2.05) is 12.3 Å². The normalized spacial score (nSPS) is 18.2. The van der Waals surface area contributed by atoms with Gasteiger partial charge in [0.15, 0.2) is 16.7 Å². The van der Waals surface area contributed by atoms with Gasteiger partial charge in [0, 0.05) is 20.0 Å². The molecule has 1 aromatic carbocycles. The molecule has 6 nitrogen and oxygen atoms in total. The molecule has 1 aromatic heterocycles. The molecule has 0 N–H and O–H groups in total. The number of hydrogen-bond donors (Lipinski definition) is 0. The fraction of sp³-hybridized carbons (Fsp3) is 0.579. The molecule has 0 saturated carbocycles. The maximum Gasteiger partial charge on any atom is 0.190 e. The second kappa shape index (κ2) is 7.88. The number of rotatable bonds is 5. The predicted molar refractivity (Wildman–Crippen MR) is 102 cm³/mol. The zero-order valence-electron chi connectivity index (χ0n) is 15.5. The summed E-state index contributed by atoms with van der Waals surface area (Å²) >= 11 is 1.65. The first-order chi connectivity index (χ1) is 12.7. The van der Waals surface area contributed by atoms with Crippen LogP contribution in [0.15, 0.2) is 23.4 Å². The first-order valence-corrected chi connectivity index (χ1v) is 10.5. The summed E-state index contributed by atoms with van der Waals surface area (Å²) in [4.78, 5) is 2.53. The second-order valence-electron chi connectivity index (χ2n) is 7.06. The SMILES string of the molecule is CSc1nnc(CC2CCN(Cc3ccc4c(c3)OCCO4)CC2)n1C. The quantitative estimate of drug-likeness (QED) is 0.750. The van der Waals surface area contributed by atoms with Crippen molar-refractivity contribution in [1.82, 2.24) is 19.7 Å². The van der Waals surface area contributed by atoms with E-state index in [4.69, 9.17) is 9.47 Å². The van der Waals surface area contributed by atoms with Crippen LogP contribution in [-0.2, 0) is 20.0 Å². The maximum absolute atomic E-state index is 5.70. The summed E-state index contributed by atoms with van der Waals surface area (Å²) in [6.45, 7) is 4.52. The third-order valence-corrected chi connectivity index (χ3v) is 6.02. The molecular formula is C19H26N4O2S. The Morgan fingerprint density at radius 2 is 1.88 bits per heavy atom. The van der Waals surface area contributed by atoms with Crippen molar-refractivity contribution in [2.45, 2.75) is 31.0 Å². The van der Waals surface area contributed by atoms with Gasteiger partial charge in [-0.05, 0) is 55.8 Å². The first kappa shape index (κ1) is 17.7. The Morgan fingerprint density at radius 1 is 1.12 bits per heavy atom. The Bertz CT molecular complexity index is 756. The molecule has 0 unspecified atom stereocenters. The van der Waals surface area contributed by atoms with Gasteiger partial charge in [0.05, 0.1) is 0 Å². The zero-order chi connectivity index (χ0) is 17.9. The van der Waals surface area contributed by atoms with Crippen LogP contribution in [0.3, 0.4) is 0 Å². The third-order valence-electron chi connectivity index (χ3n) is 5.30. The van der Waals surface area contributed by atoms with Crippen LogP contribution in [0, 0.1) is 5.92 Å². The molecule has 7 heteroatoms. The van der Waals surface area contributed by atoms with E-state index in [-0.39, 0.29) is 0 Å². The first-order valence-electron chi connectivity index (χ1n) is 9.26. The second-order valence-corrected chi connectivity index (χ2v) is 7.84. The highest BCUT2D eigenvalue weighted by Crippen LogP contribution is 2.31. The van der Waals surface area contributed by atoms with Crippen LogP contribution in [0.4, 0.5) is 0 Å². The number of thioether (sulfide) groups is 1. The van der Waals surface area contributed by atoms with Crippen molar-refractivity contribution in [3.05, 3.63) is 29.6 Å². The summed E-state index contributed by atoms with van der Waals surface area (Å²) in [7, 11) is 2.07. The molecule has 3 heterocycles. The van der Waals surface area contributed by atoms with Crippen LogP contribution in [-0.4, -0.2) is 52.2 Å². The van der Waals surface area contributed by atoms with Gasteiger partial charge >= 0.3 is 0 Å². The number of aromatic nitrogens is 3. The summed E-state index contributed by atoms with van der Waals surface area (Å²) in [5, 5.41) is 9.61. The molecule has 0 amide bonds. The molecule has 1 saturated heterocycles. The molecular weight excluding hydrogens is 348 g/mol. The Kier molecular flexibility index (Phi) is 5.36. The van der Waals surface area contributed by atoms with Crippen LogP contribution >= 0.6 is 11.8 Å². The van der Waals surface area contributed by atoms with Gasteiger partial charge in [-0.2, -0.15) is 0 Å². The summed E-state index contributed by atoms with van der Waals surface area (Å²) in [5.41, 5.74) is 1.30. The maximum atomic E-state index is 5.70. The minimum absolute atomic E-state index is 0.641. The van der Waals surface area contributed by atoms with E-state index in [0.717, 1.165) is 48.5 Å². The molecule has 2 aliphatic rings. The Balaban J connectivity index is 1.30.